The molecule has 78 heavy (non-hydrogen) atoms. The van der Waals surface area contributed by atoms with Crippen molar-refractivity contribution in [2.24, 2.45) is 16.7 Å². The number of hydrogen-bond acceptors (Lipinski definition) is 13. The normalized spacial score (nSPS) is 14.0. The first kappa shape index (κ1) is 58.9. The Balaban J connectivity index is 0.000000227. The number of ether oxygens (including phenoxy) is 1. The number of rotatable bonds is 22. The van der Waals surface area contributed by atoms with E-state index in [9.17, 15) is 41.1 Å². The van der Waals surface area contributed by atoms with Gasteiger partial charge in [0.2, 0.25) is 31.5 Å². The maximum atomic E-state index is 13.1. The Hall–Kier alpha value is -6.80. The molecule has 8 rings (SSSR count). The molecule has 2 saturated carbocycles. The molecule has 0 radical (unpaired) electrons. The number of anilines is 2. The van der Waals surface area contributed by atoms with E-state index in [0.29, 0.717) is 77.1 Å². The van der Waals surface area contributed by atoms with Crippen molar-refractivity contribution in [2.45, 2.75) is 119 Å². The van der Waals surface area contributed by atoms with Crippen LogP contribution in [0.4, 0.5) is 11.6 Å². The molecule has 4 aromatic heterocycles. The Morgan fingerprint density at radius 2 is 1.04 bits per heavy atom. The van der Waals surface area contributed by atoms with Crippen LogP contribution in [0.5, 0.6) is 0 Å². The zero-order valence-electron chi connectivity index (χ0n) is 46.8. The minimum atomic E-state index is -3.73. The van der Waals surface area contributed by atoms with Crippen LogP contribution in [0.15, 0.2) is 69.5 Å². The largest absolute Gasteiger partial charge is 0.481 e. The minimum absolute atomic E-state index is 0.0849. The van der Waals surface area contributed by atoms with Crippen LogP contribution in [0.25, 0.3) is 44.8 Å². The van der Waals surface area contributed by atoms with Crippen LogP contribution in [0.1, 0.15) is 148 Å². The fraction of sp³-hybridized carbons (Fsp3) is 0.483. The Morgan fingerprint density at radius 3 is 1.36 bits per heavy atom. The van der Waals surface area contributed by atoms with E-state index in [4.69, 9.17) is 18.6 Å². The predicted octanol–water partition coefficient (Wildman–Crippen LogP) is 10.5. The van der Waals surface area contributed by atoms with Gasteiger partial charge in [0.25, 0.3) is 11.8 Å². The lowest BCUT2D eigenvalue weighted by atomic mass is 9.88. The van der Waals surface area contributed by atoms with E-state index in [1.807, 2.05) is 102 Å². The lowest BCUT2D eigenvalue weighted by molar-refractivity contribution is -0.155. The number of esters is 1. The van der Waals surface area contributed by atoms with Crippen molar-refractivity contribution in [3.05, 3.63) is 94.0 Å². The molecule has 3 N–H and O–H groups in total. The van der Waals surface area contributed by atoms with E-state index in [-0.39, 0.29) is 65.9 Å². The number of fused-ring (bicyclic) bond motifs is 2. The van der Waals surface area contributed by atoms with Gasteiger partial charge in [-0.3, -0.25) is 27.8 Å². The topological polar surface area (TPSA) is 249 Å². The quantitative estimate of drug-likeness (QED) is 0.0535. The monoisotopic (exact) mass is 1110 g/mol. The lowest BCUT2D eigenvalue weighted by Gasteiger charge is -2.27. The van der Waals surface area contributed by atoms with Gasteiger partial charge in [0.05, 0.1) is 51.8 Å². The summed E-state index contributed by atoms with van der Waals surface area (Å²) in [5, 5.41) is 15.9. The maximum Gasteiger partial charge on any atom is 0.311 e. The zero-order chi connectivity index (χ0) is 57.2. The first-order valence-electron chi connectivity index (χ1n) is 26.4. The first-order chi connectivity index (χ1) is 36.6. The molecule has 0 atom stereocenters. The van der Waals surface area contributed by atoms with Crippen LogP contribution in [0.3, 0.4) is 0 Å². The number of carbonyl (C=O) groups excluding carboxylic acids is 3. The van der Waals surface area contributed by atoms with Crippen LogP contribution >= 0.6 is 0 Å². The molecule has 20 heteroatoms. The Bertz CT molecular complexity index is 3450. The van der Waals surface area contributed by atoms with Crippen molar-refractivity contribution in [1.29, 1.82) is 0 Å². The number of furan rings is 2. The molecule has 420 valence electrons. The number of pyridine rings is 2. The summed E-state index contributed by atoms with van der Waals surface area (Å²) in [5.74, 6) is -0.000536. The molecule has 0 spiro atoms. The van der Waals surface area contributed by atoms with Crippen molar-refractivity contribution >= 4 is 77.6 Å². The summed E-state index contributed by atoms with van der Waals surface area (Å²) in [6.07, 6.45) is 7.38. The number of carboxylic acids is 1. The third kappa shape index (κ3) is 13.5. The van der Waals surface area contributed by atoms with Gasteiger partial charge in [-0.2, -0.15) is 9.97 Å². The molecule has 0 aliphatic heterocycles. The van der Waals surface area contributed by atoms with Crippen LogP contribution < -0.4 is 19.2 Å². The van der Waals surface area contributed by atoms with Crippen LogP contribution in [0.2, 0.25) is 0 Å². The lowest BCUT2D eigenvalue weighted by Crippen LogP contribution is -2.34. The molecule has 4 heterocycles. The molecule has 2 fully saturated rings. The number of aryl methyl sites for hydroxylation is 2. The number of aromatic nitrogens is 2. The van der Waals surface area contributed by atoms with Gasteiger partial charge in [0, 0.05) is 38.3 Å². The van der Waals surface area contributed by atoms with E-state index < -0.39 is 36.8 Å². The second-order valence-electron chi connectivity index (χ2n) is 22.5. The van der Waals surface area contributed by atoms with E-state index in [1.165, 1.54) is 8.61 Å². The molecule has 2 aliphatic carbocycles. The second-order valence-corrected chi connectivity index (χ2v) is 26.3. The van der Waals surface area contributed by atoms with Crippen LogP contribution in [-0.2, 0) is 34.4 Å². The van der Waals surface area contributed by atoms with E-state index >= 15 is 0 Å². The number of aliphatic carboxylic acids is 1. The van der Waals surface area contributed by atoms with Crippen molar-refractivity contribution in [1.82, 2.24) is 20.6 Å². The van der Waals surface area contributed by atoms with Gasteiger partial charge in [-0.1, -0.05) is 73.5 Å². The van der Waals surface area contributed by atoms with Crippen molar-refractivity contribution in [3.63, 3.8) is 0 Å². The number of amides is 2. The second kappa shape index (κ2) is 23.3. The highest BCUT2D eigenvalue weighted by Gasteiger charge is 2.38. The number of sulfonamides is 2. The molecule has 0 unspecified atom stereocenters. The molecule has 6 aromatic rings. The molecule has 18 nitrogen and oxygen atoms in total. The predicted molar refractivity (Wildman–Crippen MR) is 303 cm³/mol. The van der Waals surface area contributed by atoms with Crippen LogP contribution in [-0.4, -0.2) is 102 Å². The van der Waals surface area contributed by atoms with E-state index in [1.54, 1.807) is 27.9 Å². The molecular weight excluding hydrogens is 1040 g/mol. The number of nitrogens with zero attached hydrogens (tertiary/aromatic N) is 4. The average molecular weight is 1110 g/mol. The number of nitrogens with one attached hydrogen (secondary N) is 2. The fourth-order valence-corrected chi connectivity index (χ4v) is 11.0. The molecule has 2 amide bonds. The summed E-state index contributed by atoms with van der Waals surface area (Å²) in [7, 11) is -4.34. The highest BCUT2D eigenvalue weighted by Crippen LogP contribution is 2.48. The summed E-state index contributed by atoms with van der Waals surface area (Å²) < 4.78 is 72.3. The Kier molecular flexibility index (Phi) is 17.6. The molecule has 2 aliphatic rings. The Morgan fingerprint density at radius 1 is 0.667 bits per heavy atom. The number of hydrogen-bond donors (Lipinski definition) is 3. The van der Waals surface area contributed by atoms with Gasteiger partial charge in [0.1, 0.15) is 23.2 Å². The van der Waals surface area contributed by atoms with Gasteiger partial charge in [-0.05, 0) is 134 Å². The summed E-state index contributed by atoms with van der Waals surface area (Å²) in [5.41, 5.74) is 4.47. The summed E-state index contributed by atoms with van der Waals surface area (Å²) in [6.45, 7) is 15.4. The van der Waals surface area contributed by atoms with Crippen molar-refractivity contribution in [3.8, 4) is 22.6 Å². The third-order valence-electron chi connectivity index (χ3n) is 14.2. The molecule has 0 bridgehead atoms. The van der Waals surface area contributed by atoms with Crippen LogP contribution in [0, 0.1) is 30.6 Å². The third-order valence-corrected chi connectivity index (χ3v) is 16.5. The molecule has 2 aromatic carbocycles. The minimum Gasteiger partial charge on any atom is -0.481 e. The van der Waals surface area contributed by atoms with Gasteiger partial charge >= 0.3 is 11.9 Å². The standard InChI is InChI=1S/C31H41N3O6S.C27H33N3O6S/c1-19(2)18-39-30(36)31(4,5)15-8-16-34(41(7,37)38)27-23(21-13-14-21)17-24-25(28(35)32-6)26(40-29(24)33-27)22-11-9-20(3)10-12-22;1-16-7-9-18(10-8-16)22-21(24(31)28-4)20-15-19(17-11-12-17)23(29-25(20)36-22)30(37(5,34)35)14-6-13-27(2,3)26(32)33/h9-12,17,19,21H,8,13-16,18H2,1-7H3,(H,32,35);7-10,15,17H,6,11-14H2,1-5H3,(H,28,31)(H,32,33). The number of carbonyl (C=O) groups is 4. The SMILES string of the molecule is CNC(=O)c1c(-c2ccc(C)cc2)oc2nc(N(CCCC(C)(C)C(=O)O)S(C)(=O)=O)c(C3CC3)cc12.CNC(=O)c1c(-c2ccc(C)cc2)oc2nc(N(CCCC(C)(C)C(=O)OCC(C)C)S(C)(=O)=O)c(C3CC3)cc12. The molecular formula is C58H74N6O12S2. The van der Waals surface area contributed by atoms with Gasteiger partial charge < -0.3 is 29.3 Å². The smallest absolute Gasteiger partial charge is 0.311 e. The van der Waals surface area contributed by atoms with E-state index in [2.05, 4.69) is 15.6 Å². The first-order valence-corrected chi connectivity index (χ1v) is 30.1. The average Bonchev–Trinajstić information content (AvgIpc) is 4.44. The van der Waals surface area contributed by atoms with Crippen molar-refractivity contribution in [2.75, 3.05) is 54.9 Å². The Labute approximate surface area is 457 Å². The summed E-state index contributed by atoms with van der Waals surface area (Å²) in [6, 6.07) is 18.9. The van der Waals surface area contributed by atoms with Gasteiger partial charge in [-0.15, -0.1) is 0 Å². The van der Waals surface area contributed by atoms with Gasteiger partial charge in [0.15, 0.2) is 0 Å². The summed E-state index contributed by atoms with van der Waals surface area (Å²) >= 11 is 0. The van der Waals surface area contributed by atoms with Crippen molar-refractivity contribution < 1.29 is 54.7 Å². The maximum absolute atomic E-state index is 13.1. The highest BCUT2D eigenvalue weighted by atomic mass is 32.2. The number of carboxylic acid groups (broad SMARTS) is 1. The van der Waals surface area contributed by atoms with E-state index in [0.717, 1.165) is 66.0 Å². The summed E-state index contributed by atoms with van der Waals surface area (Å²) in [4.78, 5) is 59.6. The molecule has 0 saturated heterocycles. The highest BCUT2D eigenvalue weighted by molar-refractivity contribution is 7.92. The zero-order valence-corrected chi connectivity index (χ0v) is 48.5. The number of benzene rings is 2. The fourth-order valence-electron chi connectivity index (χ4n) is 9.20. The van der Waals surface area contributed by atoms with Gasteiger partial charge in [-0.25, -0.2) is 16.8 Å².